The summed E-state index contributed by atoms with van der Waals surface area (Å²) >= 11 is 0. The van der Waals surface area contributed by atoms with Gasteiger partial charge in [0.2, 0.25) is 0 Å². The number of hydrogen-bond donors (Lipinski definition) is 2. The van der Waals surface area contributed by atoms with Gasteiger partial charge in [0.05, 0.1) is 13.2 Å². The second-order valence-electron chi connectivity index (χ2n) is 8.80. The highest BCUT2D eigenvalue weighted by Gasteiger charge is 2.52. The first-order chi connectivity index (χ1) is 13.5. The van der Waals surface area contributed by atoms with Gasteiger partial charge >= 0.3 is 6.09 Å². The van der Waals surface area contributed by atoms with E-state index in [1.807, 2.05) is 30.3 Å². The number of benzene rings is 1. The van der Waals surface area contributed by atoms with Crippen molar-refractivity contribution >= 4 is 6.09 Å². The van der Waals surface area contributed by atoms with Gasteiger partial charge in [-0.3, -0.25) is 0 Å². The van der Waals surface area contributed by atoms with Crippen LogP contribution in [0.25, 0.3) is 0 Å². The van der Waals surface area contributed by atoms with Gasteiger partial charge in [0.1, 0.15) is 30.0 Å². The van der Waals surface area contributed by atoms with Crippen molar-refractivity contribution in [2.45, 2.75) is 83.3 Å². The third kappa shape index (κ3) is 5.90. The van der Waals surface area contributed by atoms with Crippen molar-refractivity contribution < 1.29 is 33.6 Å². The van der Waals surface area contributed by atoms with Crippen LogP contribution in [0.1, 0.15) is 40.2 Å². The molecule has 0 radical (unpaired) electrons. The molecule has 8 heteroatoms. The zero-order valence-electron chi connectivity index (χ0n) is 17.6. The van der Waals surface area contributed by atoms with Crippen LogP contribution in [-0.4, -0.2) is 59.8 Å². The number of rotatable bonds is 4. The predicted octanol–water partition coefficient (Wildman–Crippen LogP) is 2.33. The summed E-state index contributed by atoms with van der Waals surface area (Å²) in [5, 5.41) is 13.7. The molecule has 8 nitrogen and oxygen atoms in total. The Hall–Kier alpha value is -1.71. The zero-order chi connectivity index (χ0) is 21.2. The second kappa shape index (κ2) is 8.57. The number of aliphatic hydroxyl groups is 1. The SMILES string of the molecule is CC(C)(C)OC(=O)N[C@H]1[C@@H](OCc2ccccc2)O[C@@H]2COC(C)(C)O[C@H]2[C@@H]1O. The molecule has 1 aromatic rings. The number of aliphatic hydroxyl groups excluding tert-OH is 1. The van der Waals surface area contributed by atoms with Crippen molar-refractivity contribution in [1.82, 2.24) is 5.32 Å². The number of carbonyl (C=O) groups is 1. The third-order valence-electron chi connectivity index (χ3n) is 4.63. The van der Waals surface area contributed by atoms with Gasteiger partial charge in [0, 0.05) is 0 Å². The largest absolute Gasteiger partial charge is 0.444 e. The number of alkyl carbamates (subject to hydrolysis) is 1. The number of hydrogen-bond acceptors (Lipinski definition) is 7. The summed E-state index contributed by atoms with van der Waals surface area (Å²) in [6.45, 7) is 9.35. The first kappa shape index (κ1) is 22.0. The molecule has 1 amide bonds. The molecule has 29 heavy (non-hydrogen) atoms. The standard InChI is InChI=1S/C21H31NO7/c1-20(2,3)29-19(24)22-15-16(23)17-14(12-26-21(4,5)28-17)27-18(15)25-11-13-9-7-6-8-10-13/h6-10,14-18,23H,11-12H2,1-5H3,(H,22,24)/t14-,15-,16-,17-,18+/m1/s1. The molecular weight excluding hydrogens is 378 g/mol. The fraction of sp³-hybridized carbons (Fsp3) is 0.667. The van der Waals surface area contributed by atoms with Crippen LogP contribution in [0.5, 0.6) is 0 Å². The lowest BCUT2D eigenvalue weighted by Gasteiger charge is -2.49. The first-order valence-electron chi connectivity index (χ1n) is 9.84. The predicted molar refractivity (Wildman–Crippen MR) is 104 cm³/mol. The van der Waals surface area contributed by atoms with E-state index in [0.717, 1.165) is 5.56 Å². The van der Waals surface area contributed by atoms with Gasteiger partial charge in [-0.1, -0.05) is 30.3 Å². The van der Waals surface area contributed by atoms with E-state index in [4.69, 9.17) is 23.7 Å². The Bertz CT molecular complexity index is 688. The number of amides is 1. The molecule has 2 fully saturated rings. The quantitative estimate of drug-likeness (QED) is 0.788. The van der Waals surface area contributed by atoms with Crippen LogP contribution >= 0.6 is 0 Å². The maximum atomic E-state index is 12.4. The van der Waals surface area contributed by atoms with Crippen molar-refractivity contribution in [3.8, 4) is 0 Å². The Morgan fingerprint density at radius 3 is 2.62 bits per heavy atom. The van der Waals surface area contributed by atoms with Crippen LogP contribution in [0, 0.1) is 0 Å². The summed E-state index contributed by atoms with van der Waals surface area (Å²) < 4.78 is 28.8. The van der Waals surface area contributed by atoms with Crippen molar-refractivity contribution in [1.29, 1.82) is 0 Å². The van der Waals surface area contributed by atoms with Gasteiger partial charge in [-0.15, -0.1) is 0 Å². The van der Waals surface area contributed by atoms with Gasteiger partial charge in [-0.05, 0) is 40.2 Å². The van der Waals surface area contributed by atoms with E-state index in [9.17, 15) is 9.90 Å². The van der Waals surface area contributed by atoms with Crippen molar-refractivity contribution in [2.75, 3.05) is 6.61 Å². The number of nitrogens with one attached hydrogen (secondary N) is 1. The van der Waals surface area contributed by atoms with E-state index >= 15 is 0 Å². The number of carbonyl (C=O) groups excluding carboxylic acids is 1. The fourth-order valence-electron chi connectivity index (χ4n) is 3.34. The van der Waals surface area contributed by atoms with Crippen LogP contribution in [-0.2, 0) is 30.3 Å². The summed E-state index contributed by atoms with van der Waals surface area (Å²) in [7, 11) is 0. The summed E-state index contributed by atoms with van der Waals surface area (Å²) in [5.74, 6) is -0.861. The van der Waals surface area contributed by atoms with E-state index in [1.54, 1.807) is 34.6 Å². The Labute approximate surface area is 171 Å². The highest BCUT2D eigenvalue weighted by atomic mass is 16.8. The van der Waals surface area contributed by atoms with E-state index in [0.29, 0.717) is 0 Å². The molecular formula is C21H31NO7. The first-order valence-corrected chi connectivity index (χ1v) is 9.84. The maximum Gasteiger partial charge on any atom is 0.408 e. The van der Waals surface area contributed by atoms with E-state index in [1.165, 1.54) is 0 Å². The molecule has 162 valence electrons. The molecule has 2 N–H and O–H groups in total. The van der Waals surface area contributed by atoms with Crippen LogP contribution < -0.4 is 5.32 Å². The molecule has 0 saturated carbocycles. The van der Waals surface area contributed by atoms with Crippen LogP contribution in [0.15, 0.2) is 30.3 Å². The minimum atomic E-state index is -1.06. The van der Waals surface area contributed by atoms with Crippen molar-refractivity contribution in [2.24, 2.45) is 0 Å². The molecule has 3 rings (SSSR count). The van der Waals surface area contributed by atoms with Gasteiger partial charge in [-0.25, -0.2) is 4.79 Å². The Morgan fingerprint density at radius 2 is 1.97 bits per heavy atom. The topological polar surface area (TPSA) is 95.5 Å². The van der Waals surface area contributed by atoms with Gasteiger partial charge < -0.3 is 34.1 Å². The molecule has 5 atom stereocenters. The fourth-order valence-corrected chi connectivity index (χ4v) is 3.34. The molecule has 0 bridgehead atoms. The highest BCUT2D eigenvalue weighted by molar-refractivity contribution is 5.68. The highest BCUT2D eigenvalue weighted by Crippen LogP contribution is 2.33. The summed E-state index contributed by atoms with van der Waals surface area (Å²) in [4.78, 5) is 12.4. The molecule has 2 saturated heterocycles. The van der Waals surface area contributed by atoms with Gasteiger partial charge in [0.15, 0.2) is 12.1 Å². The maximum absolute atomic E-state index is 12.4. The Balaban J connectivity index is 1.74. The molecule has 0 aromatic heterocycles. The van der Waals surface area contributed by atoms with Crippen LogP contribution in [0.2, 0.25) is 0 Å². The Kier molecular flexibility index (Phi) is 6.50. The molecule has 0 aliphatic carbocycles. The third-order valence-corrected chi connectivity index (χ3v) is 4.63. The zero-order valence-corrected chi connectivity index (χ0v) is 17.6. The van der Waals surface area contributed by atoms with E-state index in [2.05, 4.69) is 5.32 Å². The number of ether oxygens (including phenoxy) is 5. The molecule has 0 unspecified atom stereocenters. The average molecular weight is 409 g/mol. The molecule has 2 heterocycles. The lowest BCUT2D eigenvalue weighted by Crippen LogP contribution is -2.68. The summed E-state index contributed by atoms with van der Waals surface area (Å²) in [6, 6.07) is 8.71. The van der Waals surface area contributed by atoms with Gasteiger partial charge in [-0.2, -0.15) is 0 Å². The van der Waals surface area contributed by atoms with Crippen molar-refractivity contribution in [3.63, 3.8) is 0 Å². The average Bonchev–Trinajstić information content (AvgIpc) is 2.62. The smallest absolute Gasteiger partial charge is 0.408 e. The molecule has 2 aliphatic heterocycles. The van der Waals surface area contributed by atoms with Crippen LogP contribution in [0.3, 0.4) is 0 Å². The lowest BCUT2D eigenvalue weighted by molar-refractivity contribution is -0.369. The van der Waals surface area contributed by atoms with Crippen LogP contribution in [0.4, 0.5) is 4.79 Å². The molecule has 2 aliphatic rings. The minimum Gasteiger partial charge on any atom is -0.444 e. The lowest BCUT2D eigenvalue weighted by atomic mass is 9.95. The van der Waals surface area contributed by atoms with Crippen molar-refractivity contribution in [3.05, 3.63) is 35.9 Å². The molecule has 0 spiro atoms. The normalized spacial score (nSPS) is 31.6. The second-order valence-corrected chi connectivity index (χ2v) is 8.80. The Morgan fingerprint density at radius 1 is 1.28 bits per heavy atom. The summed E-state index contributed by atoms with van der Waals surface area (Å²) in [6.07, 6.45) is -3.81. The monoisotopic (exact) mass is 409 g/mol. The van der Waals surface area contributed by atoms with E-state index in [-0.39, 0.29) is 13.2 Å². The summed E-state index contributed by atoms with van der Waals surface area (Å²) in [5.41, 5.74) is 0.269. The minimum absolute atomic E-state index is 0.249. The van der Waals surface area contributed by atoms with Gasteiger partial charge in [0.25, 0.3) is 0 Å². The molecule has 1 aromatic carbocycles. The van der Waals surface area contributed by atoms with E-state index < -0.39 is 48.1 Å². The number of fused-ring (bicyclic) bond motifs is 1.